The van der Waals surface area contributed by atoms with Gasteiger partial charge in [-0.05, 0) is 75.4 Å². The molecule has 2 heterocycles. The van der Waals surface area contributed by atoms with E-state index in [0.29, 0.717) is 0 Å². The number of aliphatic hydroxyl groups excluding tert-OH is 1. The average molecular weight is 395 g/mol. The van der Waals surface area contributed by atoms with Crippen molar-refractivity contribution in [2.45, 2.75) is 53.1 Å². The van der Waals surface area contributed by atoms with E-state index in [2.05, 4.69) is 68.7 Å². The molecule has 29 heavy (non-hydrogen) atoms. The van der Waals surface area contributed by atoms with Crippen molar-refractivity contribution in [2.75, 3.05) is 42.6 Å². The van der Waals surface area contributed by atoms with E-state index in [-0.39, 0.29) is 12.2 Å². The molecule has 156 valence electrons. The van der Waals surface area contributed by atoms with Crippen LogP contribution in [0.2, 0.25) is 0 Å². The number of fused-ring (bicyclic) bond motifs is 1. The van der Waals surface area contributed by atoms with Crippen LogP contribution in [-0.2, 0) is 12.8 Å². The Morgan fingerprint density at radius 3 is 2.14 bits per heavy atom. The van der Waals surface area contributed by atoms with Crippen LogP contribution in [0.15, 0.2) is 24.3 Å². The minimum absolute atomic E-state index is 0.107. The monoisotopic (exact) mass is 394 g/mol. The normalized spacial score (nSPS) is 18.0. The Bertz CT molecular complexity index is 894. The number of nitrogens with zero attached hydrogens (tertiary/aromatic N) is 2. The van der Waals surface area contributed by atoms with E-state index < -0.39 is 0 Å². The fraction of sp³-hybridized carbons (Fsp3) is 0.520. The first-order valence-corrected chi connectivity index (χ1v) is 10.8. The zero-order valence-corrected chi connectivity index (χ0v) is 18.5. The summed E-state index contributed by atoms with van der Waals surface area (Å²) in [5.41, 5.74) is 9.24. The average Bonchev–Trinajstić information content (AvgIpc) is 3.04. The van der Waals surface area contributed by atoms with Gasteiger partial charge in [0.2, 0.25) is 0 Å². The summed E-state index contributed by atoms with van der Waals surface area (Å²) >= 11 is 0. The molecule has 2 aromatic carbocycles. The lowest BCUT2D eigenvalue weighted by molar-refractivity contribution is 0.137. The molecule has 0 radical (unpaired) electrons. The Morgan fingerprint density at radius 2 is 1.52 bits per heavy atom. The highest BCUT2D eigenvalue weighted by Crippen LogP contribution is 2.45. The SMILES string of the molecule is Cc1c(C)c(N2CCN(c3ccc(CCO)cc3)CC2)c(C)c2c1OC(C)(C)C2. The van der Waals surface area contributed by atoms with Crippen LogP contribution in [-0.4, -0.2) is 43.5 Å². The van der Waals surface area contributed by atoms with Crippen molar-refractivity contribution >= 4 is 11.4 Å². The molecule has 4 heteroatoms. The molecule has 0 unspecified atom stereocenters. The van der Waals surface area contributed by atoms with E-state index in [1.165, 1.54) is 39.2 Å². The van der Waals surface area contributed by atoms with Gasteiger partial charge < -0.3 is 19.6 Å². The van der Waals surface area contributed by atoms with Crippen molar-refractivity contribution in [3.05, 3.63) is 52.1 Å². The highest BCUT2D eigenvalue weighted by atomic mass is 16.5. The van der Waals surface area contributed by atoms with Crippen molar-refractivity contribution in [1.29, 1.82) is 0 Å². The second-order valence-electron chi connectivity index (χ2n) is 9.18. The molecule has 2 aliphatic heterocycles. The van der Waals surface area contributed by atoms with Gasteiger partial charge in [0.15, 0.2) is 0 Å². The van der Waals surface area contributed by atoms with E-state index in [1.54, 1.807) is 0 Å². The Morgan fingerprint density at radius 1 is 0.897 bits per heavy atom. The molecule has 4 rings (SSSR count). The summed E-state index contributed by atoms with van der Waals surface area (Å²) in [4.78, 5) is 5.04. The van der Waals surface area contributed by atoms with Gasteiger partial charge in [0.1, 0.15) is 11.4 Å². The van der Waals surface area contributed by atoms with E-state index >= 15 is 0 Å². The number of hydrogen-bond donors (Lipinski definition) is 1. The molecule has 1 N–H and O–H groups in total. The lowest BCUT2D eigenvalue weighted by Crippen LogP contribution is -2.47. The number of anilines is 2. The topological polar surface area (TPSA) is 35.9 Å². The number of piperazine rings is 1. The van der Waals surface area contributed by atoms with Crippen LogP contribution in [0.5, 0.6) is 5.75 Å². The molecule has 0 saturated carbocycles. The summed E-state index contributed by atoms with van der Waals surface area (Å²) in [6, 6.07) is 8.65. The van der Waals surface area contributed by atoms with Gasteiger partial charge in [0.25, 0.3) is 0 Å². The zero-order valence-electron chi connectivity index (χ0n) is 18.5. The summed E-state index contributed by atoms with van der Waals surface area (Å²) in [5, 5.41) is 9.10. The predicted octanol–water partition coefficient (Wildman–Crippen LogP) is 4.19. The molecule has 1 fully saturated rings. The van der Waals surface area contributed by atoms with Gasteiger partial charge in [-0.15, -0.1) is 0 Å². The van der Waals surface area contributed by atoms with E-state index in [1.807, 2.05) is 0 Å². The second kappa shape index (κ2) is 7.56. The lowest BCUT2D eigenvalue weighted by atomic mass is 9.91. The largest absolute Gasteiger partial charge is 0.487 e. The fourth-order valence-electron chi connectivity index (χ4n) is 4.92. The van der Waals surface area contributed by atoms with Crippen molar-refractivity contribution in [2.24, 2.45) is 0 Å². The minimum atomic E-state index is -0.107. The fourth-order valence-corrected chi connectivity index (χ4v) is 4.92. The van der Waals surface area contributed by atoms with Gasteiger partial charge in [0.05, 0.1) is 0 Å². The third-order valence-corrected chi connectivity index (χ3v) is 6.62. The second-order valence-corrected chi connectivity index (χ2v) is 9.18. The van der Waals surface area contributed by atoms with Crippen molar-refractivity contribution in [3.8, 4) is 5.75 Å². The first-order chi connectivity index (χ1) is 13.8. The quantitative estimate of drug-likeness (QED) is 0.844. The maximum Gasteiger partial charge on any atom is 0.127 e. The summed E-state index contributed by atoms with van der Waals surface area (Å²) < 4.78 is 6.29. The minimum Gasteiger partial charge on any atom is -0.487 e. The molecule has 2 aromatic rings. The van der Waals surface area contributed by atoms with Crippen LogP contribution in [0.25, 0.3) is 0 Å². The van der Waals surface area contributed by atoms with Gasteiger partial charge in [-0.25, -0.2) is 0 Å². The maximum atomic E-state index is 9.10. The predicted molar refractivity (Wildman–Crippen MR) is 121 cm³/mol. The van der Waals surface area contributed by atoms with E-state index in [4.69, 9.17) is 9.84 Å². The zero-order chi connectivity index (χ0) is 20.8. The van der Waals surface area contributed by atoms with E-state index in [0.717, 1.165) is 44.8 Å². The first kappa shape index (κ1) is 20.1. The van der Waals surface area contributed by atoms with Crippen LogP contribution < -0.4 is 14.5 Å². The van der Waals surface area contributed by atoms with Crippen LogP contribution >= 0.6 is 0 Å². The van der Waals surface area contributed by atoms with Gasteiger partial charge >= 0.3 is 0 Å². The maximum absolute atomic E-state index is 9.10. The highest BCUT2D eigenvalue weighted by molar-refractivity contribution is 5.70. The molecular weight excluding hydrogens is 360 g/mol. The Labute approximate surface area is 175 Å². The molecule has 2 aliphatic rings. The molecular formula is C25H34N2O2. The summed E-state index contributed by atoms with van der Waals surface area (Å²) in [7, 11) is 0. The van der Waals surface area contributed by atoms with Crippen LogP contribution in [0, 0.1) is 20.8 Å². The molecule has 0 aliphatic carbocycles. The molecule has 0 aromatic heterocycles. The molecule has 1 saturated heterocycles. The molecule has 0 spiro atoms. The Kier molecular flexibility index (Phi) is 5.24. The standard InChI is InChI=1S/C25H34N2O2/c1-17-18(2)24-22(16-25(4,5)29-24)19(3)23(17)27-13-11-26(12-14-27)21-8-6-20(7-9-21)10-15-28/h6-9,28H,10-16H2,1-5H3. The first-order valence-electron chi connectivity index (χ1n) is 10.8. The number of rotatable bonds is 4. The van der Waals surface area contributed by atoms with Crippen LogP contribution in [0.4, 0.5) is 11.4 Å². The number of ether oxygens (including phenoxy) is 1. The van der Waals surface area contributed by atoms with Crippen molar-refractivity contribution in [1.82, 2.24) is 0 Å². The summed E-state index contributed by atoms with van der Waals surface area (Å²) in [5.74, 6) is 1.12. The molecule has 0 amide bonds. The van der Waals surface area contributed by atoms with Crippen LogP contribution in [0.3, 0.4) is 0 Å². The third-order valence-electron chi connectivity index (χ3n) is 6.62. The number of benzene rings is 2. The smallest absolute Gasteiger partial charge is 0.127 e. The van der Waals surface area contributed by atoms with Gasteiger partial charge in [-0.1, -0.05) is 12.1 Å². The van der Waals surface area contributed by atoms with Gasteiger partial charge in [-0.3, -0.25) is 0 Å². The van der Waals surface area contributed by atoms with Gasteiger partial charge in [-0.2, -0.15) is 0 Å². The highest BCUT2D eigenvalue weighted by Gasteiger charge is 2.35. The number of hydrogen-bond acceptors (Lipinski definition) is 4. The Balaban J connectivity index is 1.53. The third kappa shape index (κ3) is 3.71. The molecule has 0 bridgehead atoms. The molecule has 4 nitrogen and oxygen atoms in total. The van der Waals surface area contributed by atoms with Crippen molar-refractivity contribution < 1.29 is 9.84 Å². The number of aliphatic hydroxyl groups is 1. The van der Waals surface area contributed by atoms with Crippen LogP contribution in [0.1, 0.15) is 41.7 Å². The lowest BCUT2D eigenvalue weighted by Gasteiger charge is -2.39. The summed E-state index contributed by atoms with van der Waals surface area (Å²) in [6.45, 7) is 15.4. The van der Waals surface area contributed by atoms with Gasteiger partial charge in [0, 0.05) is 56.1 Å². The summed E-state index contributed by atoms with van der Waals surface area (Å²) in [6.07, 6.45) is 1.72. The van der Waals surface area contributed by atoms with Crippen molar-refractivity contribution in [3.63, 3.8) is 0 Å². The Hall–Kier alpha value is -2.20. The van der Waals surface area contributed by atoms with E-state index in [9.17, 15) is 0 Å². The molecule has 0 atom stereocenters.